The van der Waals surface area contributed by atoms with Crippen LogP contribution in [0.2, 0.25) is 0 Å². The zero-order valence-electron chi connectivity index (χ0n) is 18.8. The van der Waals surface area contributed by atoms with Gasteiger partial charge in [0.15, 0.2) is 17.2 Å². The van der Waals surface area contributed by atoms with E-state index in [1.807, 2.05) is 50.2 Å². The van der Waals surface area contributed by atoms with Crippen LogP contribution in [0.25, 0.3) is 11.2 Å². The molecule has 3 heterocycles. The molecule has 0 bridgehead atoms. The van der Waals surface area contributed by atoms with E-state index in [1.54, 1.807) is 20.4 Å². The van der Waals surface area contributed by atoms with E-state index in [4.69, 9.17) is 16.3 Å². The van der Waals surface area contributed by atoms with Gasteiger partial charge in [0.2, 0.25) is 0 Å². The maximum atomic E-state index is 6.13. The number of hydrogen-bond donors (Lipinski definition) is 5. The van der Waals surface area contributed by atoms with Gasteiger partial charge < -0.3 is 26.1 Å². The molecule has 4 aromatic rings. The van der Waals surface area contributed by atoms with Crippen LogP contribution in [0.15, 0.2) is 47.7 Å². The van der Waals surface area contributed by atoms with E-state index in [0.717, 1.165) is 27.7 Å². The van der Waals surface area contributed by atoms with Crippen LogP contribution in [0.5, 0.6) is 5.75 Å². The number of nitrogens with zero attached hydrogens (tertiary/aromatic N) is 5. The third kappa shape index (κ3) is 4.77. The summed E-state index contributed by atoms with van der Waals surface area (Å²) in [5, 5.41) is 11.9. The van der Waals surface area contributed by atoms with Gasteiger partial charge in [-0.1, -0.05) is 12.1 Å². The molecule has 3 aromatic heterocycles. The minimum atomic E-state index is 0.227. The van der Waals surface area contributed by atoms with Crippen LogP contribution in [-0.4, -0.2) is 45.0 Å². The minimum absolute atomic E-state index is 0.227. The molecule has 0 atom stereocenters. The van der Waals surface area contributed by atoms with Crippen LogP contribution in [0.3, 0.4) is 0 Å². The second-order valence-corrected chi connectivity index (χ2v) is 7.49. The highest BCUT2D eigenvalue weighted by Gasteiger charge is 2.16. The van der Waals surface area contributed by atoms with Crippen molar-refractivity contribution in [3.05, 3.63) is 59.5 Å². The number of hydrazine groups is 1. The number of nitrogens with two attached hydrogens (primary N) is 2. The predicted molar refractivity (Wildman–Crippen MR) is 130 cm³/mol. The van der Waals surface area contributed by atoms with Crippen molar-refractivity contribution in [2.45, 2.75) is 13.8 Å². The van der Waals surface area contributed by atoms with Gasteiger partial charge in [0.1, 0.15) is 23.0 Å². The Labute approximate surface area is 190 Å². The Kier molecular flexibility index (Phi) is 5.96. The van der Waals surface area contributed by atoms with Gasteiger partial charge >= 0.3 is 0 Å². The summed E-state index contributed by atoms with van der Waals surface area (Å²) < 4.78 is 5.66. The second kappa shape index (κ2) is 9.01. The number of H-pyrrole nitrogens is 1. The molecular formula is C22H26N10O. The lowest BCUT2D eigenvalue weighted by molar-refractivity contribution is 0.371. The number of aromatic nitrogens is 4. The topological polar surface area (TPSA) is 155 Å². The number of anilines is 4. The third-order valence-corrected chi connectivity index (χ3v) is 4.78. The minimum Gasteiger partial charge on any atom is -0.494 e. The standard InChI is InChI=1S/C22H26N10O/c1-12-8-9-17(25-11-12)29-18-10-16(19-22(30-18)27-13(2)26-19)28-15-7-5-6-14(20(15)33-4)21(23)31-32(3)24/h5-11H,24H2,1-4H3,(H2,23,31)(H3,25,26,27,28,29,30). The molecule has 170 valence electrons. The fourth-order valence-electron chi connectivity index (χ4n) is 3.36. The number of imidazole rings is 1. The number of nitrogens with one attached hydrogen (secondary N) is 3. The van der Waals surface area contributed by atoms with Gasteiger partial charge in [-0.2, -0.15) is 0 Å². The Morgan fingerprint density at radius 1 is 1.09 bits per heavy atom. The molecule has 0 radical (unpaired) electrons. The van der Waals surface area contributed by atoms with E-state index >= 15 is 0 Å². The van der Waals surface area contributed by atoms with Crippen molar-refractivity contribution in [1.29, 1.82) is 0 Å². The highest BCUT2D eigenvalue weighted by atomic mass is 16.5. The predicted octanol–water partition coefficient (Wildman–Crippen LogP) is 2.89. The summed E-state index contributed by atoms with van der Waals surface area (Å²) in [4.78, 5) is 16.8. The van der Waals surface area contributed by atoms with Gasteiger partial charge in [0.25, 0.3) is 0 Å². The molecular weight excluding hydrogens is 420 g/mol. The Bertz CT molecular complexity index is 1310. The van der Waals surface area contributed by atoms with Crippen molar-refractivity contribution in [3.8, 4) is 5.75 Å². The molecule has 0 aliphatic carbocycles. The smallest absolute Gasteiger partial charge is 0.181 e. The molecule has 0 aliphatic rings. The summed E-state index contributed by atoms with van der Waals surface area (Å²) in [7, 11) is 3.16. The van der Waals surface area contributed by atoms with Gasteiger partial charge in [0, 0.05) is 19.3 Å². The van der Waals surface area contributed by atoms with Crippen LogP contribution in [0.1, 0.15) is 17.0 Å². The molecule has 11 nitrogen and oxygen atoms in total. The number of benzene rings is 1. The quantitative estimate of drug-likeness (QED) is 0.125. The van der Waals surface area contributed by atoms with Crippen LogP contribution in [0, 0.1) is 13.8 Å². The lowest BCUT2D eigenvalue weighted by Crippen LogP contribution is -2.26. The van der Waals surface area contributed by atoms with E-state index in [1.165, 1.54) is 0 Å². The summed E-state index contributed by atoms with van der Waals surface area (Å²) in [6.07, 6.45) is 1.79. The molecule has 0 saturated heterocycles. The first-order valence-corrected chi connectivity index (χ1v) is 10.2. The fourth-order valence-corrected chi connectivity index (χ4v) is 3.36. The normalized spacial score (nSPS) is 11.5. The summed E-state index contributed by atoms with van der Waals surface area (Å²) in [5.41, 5.74) is 10.6. The zero-order chi connectivity index (χ0) is 23.5. The molecule has 11 heteroatoms. The Morgan fingerprint density at radius 3 is 2.61 bits per heavy atom. The highest BCUT2D eigenvalue weighted by molar-refractivity contribution is 6.02. The van der Waals surface area contributed by atoms with Gasteiger partial charge in [-0.15, -0.1) is 5.10 Å². The molecule has 33 heavy (non-hydrogen) atoms. The highest BCUT2D eigenvalue weighted by Crippen LogP contribution is 2.34. The molecule has 0 amide bonds. The molecule has 4 rings (SSSR count). The molecule has 0 unspecified atom stereocenters. The Balaban J connectivity index is 1.76. The molecule has 0 spiro atoms. The molecule has 0 saturated carbocycles. The summed E-state index contributed by atoms with van der Waals surface area (Å²) in [6.45, 7) is 3.86. The van der Waals surface area contributed by atoms with E-state index < -0.39 is 0 Å². The van der Waals surface area contributed by atoms with E-state index in [-0.39, 0.29) is 5.84 Å². The van der Waals surface area contributed by atoms with E-state index in [9.17, 15) is 0 Å². The number of amidine groups is 1. The molecule has 7 N–H and O–H groups in total. The maximum absolute atomic E-state index is 6.13. The van der Waals surface area contributed by atoms with E-state index in [2.05, 4.69) is 35.7 Å². The average Bonchev–Trinajstić information content (AvgIpc) is 3.15. The number of hydrogen-bond acceptors (Lipinski definition) is 9. The zero-order valence-corrected chi connectivity index (χ0v) is 18.8. The van der Waals surface area contributed by atoms with Gasteiger partial charge in [0.05, 0.1) is 24.0 Å². The number of pyridine rings is 2. The van der Waals surface area contributed by atoms with E-state index in [0.29, 0.717) is 34.3 Å². The van der Waals surface area contributed by atoms with Crippen molar-refractivity contribution in [2.24, 2.45) is 16.7 Å². The molecule has 0 aliphatic heterocycles. The number of rotatable bonds is 7. The number of hydrazone groups is 1. The van der Waals surface area contributed by atoms with Gasteiger partial charge in [-0.3, -0.25) is 0 Å². The number of ether oxygens (including phenoxy) is 1. The van der Waals surface area contributed by atoms with Gasteiger partial charge in [-0.25, -0.2) is 25.9 Å². The van der Waals surface area contributed by atoms with Crippen molar-refractivity contribution in [3.63, 3.8) is 0 Å². The fraction of sp³-hybridized carbons (Fsp3) is 0.182. The first kappa shape index (κ1) is 21.8. The monoisotopic (exact) mass is 446 g/mol. The van der Waals surface area contributed by atoms with Crippen LogP contribution < -0.4 is 26.9 Å². The maximum Gasteiger partial charge on any atom is 0.181 e. The van der Waals surface area contributed by atoms with Crippen molar-refractivity contribution in [1.82, 2.24) is 25.1 Å². The largest absolute Gasteiger partial charge is 0.494 e. The summed E-state index contributed by atoms with van der Waals surface area (Å²) in [6, 6.07) is 11.3. The number of fused-ring (bicyclic) bond motifs is 1. The first-order chi connectivity index (χ1) is 15.8. The number of aromatic amines is 1. The van der Waals surface area contributed by atoms with Crippen LogP contribution in [0.4, 0.5) is 23.0 Å². The lowest BCUT2D eigenvalue weighted by Gasteiger charge is -2.16. The average molecular weight is 447 g/mol. The first-order valence-electron chi connectivity index (χ1n) is 10.2. The van der Waals surface area contributed by atoms with Gasteiger partial charge in [-0.05, 0) is 37.6 Å². The van der Waals surface area contributed by atoms with Crippen molar-refractivity contribution in [2.75, 3.05) is 24.8 Å². The number of aryl methyl sites for hydroxylation is 2. The third-order valence-electron chi connectivity index (χ3n) is 4.78. The summed E-state index contributed by atoms with van der Waals surface area (Å²) >= 11 is 0. The lowest BCUT2D eigenvalue weighted by atomic mass is 10.1. The van der Waals surface area contributed by atoms with Crippen LogP contribution in [-0.2, 0) is 0 Å². The Morgan fingerprint density at radius 2 is 1.91 bits per heavy atom. The number of para-hydroxylation sites is 1. The molecule has 1 aromatic carbocycles. The summed E-state index contributed by atoms with van der Waals surface area (Å²) in [5.74, 6) is 8.38. The number of methoxy groups -OCH3 is 1. The van der Waals surface area contributed by atoms with Crippen molar-refractivity contribution < 1.29 is 4.74 Å². The Hall–Kier alpha value is -4.38. The SMILES string of the molecule is COc1c(Nc2cc(Nc3ccc(C)cn3)nc3nc(C)[nH]c23)cccc1/C(N)=N/N(C)N. The van der Waals surface area contributed by atoms with Crippen LogP contribution >= 0.6 is 0 Å². The molecule has 0 fully saturated rings. The van der Waals surface area contributed by atoms with Crippen molar-refractivity contribution >= 4 is 40.0 Å². The second-order valence-electron chi connectivity index (χ2n) is 7.49.